The molecule has 0 atom stereocenters. The Morgan fingerprint density at radius 1 is 0.974 bits per heavy atom. The first-order chi connectivity index (χ1) is 18.2. The molecule has 0 saturated heterocycles. The third-order valence-electron chi connectivity index (χ3n) is 5.60. The van der Waals surface area contributed by atoms with Crippen LogP contribution in [0.2, 0.25) is 0 Å². The molecule has 38 heavy (non-hydrogen) atoms. The smallest absolute Gasteiger partial charge is 0.416 e. The maximum absolute atomic E-state index is 13.1. The van der Waals surface area contributed by atoms with Gasteiger partial charge in [-0.1, -0.05) is 36.4 Å². The molecule has 198 valence electrons. The molecule has 1 heterocycles. The molecule has 3 aromatic carbocycles. The predicted octanol–water partition coefficient (Wildman–Crippen LogP) is 6.24. The van der Waals surface area contributed by atoms with Crippen molar-refractivity contribution in [2.45, 2.75) is 23.9 Å². The van der Waals surface area contributed by atoms with Crippen molar-refractivity contribution in [2.24, 2.45) is 0 Å². The molecule has 0 bridgehead atoms. The second-order valence-electron chi connectivity index (χ2n) is 8.18. The van der Waals surface area contributed by atoms with Gasteiger partial charge in [-0.2, -0.15) is 13.2 Å². The lowest BCUT2D eigenvalue weighted by Crippen LogP contribution is -2.28. The van der Waals surface area contributed by atoms with Crippen LogP contribution >= 0.6 is 11.8 Å². The topological polar surface area (TPSA) is 101 Å². The van der Waals surface area contributed by atoms with Crippen LogP contribution in [0.5, 0.6) is 5.75 Å². The second-order valence-corrected chi connectivity index (χ2v) is 9.23. The number of para-hydroxylation sites is 1. The van der Waals surface area contributed by atoms with Gasteiger partial charge in [0.1, 0.15) is 17.9 Å². The van der Waals surface area contributed by atoms with E-state index in [1.54, 1.807) is 48.5 Å². The van der Waals surface area contributed by atoms with Gasteiger partial charge in [0, 0.05) is 15.8 Å². The summed E-state index contributed by atoms with van der Waals surface area (Å²) >= 11 is 0.816. The van der Waals surface area contributed by atoms with E-state index in [1.165, 1.54) is 11.5 Å². The summed E-state index contributed by atoms with van der Waals surface area (Å²) in [5.74, 6) is 0.186. The zero-order valence-corrected chi connectivity index (χ0v) is 20.7. The average molecular weight is 545 g/mol. The molecule has 0 aliphatic heterocycles. The summed E-state index contributed by atoms with van der Waals surface area (Å²) < 4.78 is 50.7. The number of hydroxylamine groups is 1. The number of rotatable bonds is 9. The first-order valence-electron chi connectivity index (χ1n) is 11.5. The van der Waals surface area contributed by atoms with Crippen LogP contribution in [0.4, 0.5) is 18.0 Å². The Bertz CT molecular complexity index is 1420. The van der Waals surface area contributed by atoms with Crippen molar-refractivity contribution in [1.82, 2.24) is 10.8 Å². The molecule has 4 aromatic rings. The van der Waals surface area contributed by atoms with Gasteiger partial charge in [0.25, 0.3) is 5.91 Å². The lowest BCUT2D eigenvalue weighted by atomic mass is 10.00. The van der Waals surface area contributed by atoms with Crippen LogP contribution in [0.15, 0.2) is 82.1 Å². The quantitative estimate of drug-likeness (QED) is 0.0999. The predicted molar refractivity (Wildman–Crippen MR) is 136 cm³/mol. The molecule has 11 heteroatoms. The van der Waals surface area contributed by atoms with Gasteiger partial charge in [-0.25, -0.2) is 5.48 Å². The van der Waals surface area contributed by atoms with E-state index >= 15 is 0 Å². The Morgan fingerprint density at radius 3 is 2.47 bits per heavy atom. The number of alkyl halides is 3. The van der Waals surface area contributed by atoms with Crippen LogP contribution in [0, 0.1) is 0 Å². The number of carbonyl (C=O) groups is 2. The fraction of sp³-hybridized carbons (Fsp3) is 0.185. The van der Waals surface area contributed by atoms with Crippen LogP contribution < -0.4 is 15.5 Å². The summed E-state index contributed by atoms with van der Waals surface area (Å²) in [5.41, 5.74) is 2.46. The molecular formula is C27H23F3N2O5S. The van der Waals surface area contributed by atoms with Crippen molar-refractivity contribution in [3.63, 3.8) is 0 Å². The maximum atomic E-state index is 13.1. The number of aryl methyl sites for hydroxylation is 2. The number of halogens is 3. The first-order valence-corrected chi connectivity index (χ1v) is 12.4. The third kappa shape index (κ3) is 6.87. The van der Waals surface area contributed by atoms with E-state index in [4.69, 9.17) is 14.4 Å². The normalized spacial score (nSPS) is 11.4. The van der Waals surface area contributed by atoms with Crippen LogP contribution in [-0.2, 0) is 19.0 Å². The number of hydrogen-bond acceptors (Lipinski definition) is 6. The van der Waals surface area contributed by atoms with E-state index in [9.17, 15) is 22.8 Å². The van der Waals surface area contributed by atoms with Crippen molar-refractivity contribution < 1.29 is 37.1 Å². The number of nitrogens with one attached hydrogen (secondary N) is 2. The Hall–Kier alpha value is -3.96. The van der Waals surface area contributed by atoms with E-state index < -0.39 is 22.9 Å². The molecule has 4 rings (SSSR count). The molecule has 2 amide bonds. The fourth-order valence-corrected chi connectivity index (χ4v) is 4.38. The highest BCUT2D eigenvalue weighted by atomic mass is 32.2. The molecule has 3 N–H and O–H groups in total. The molecule has 0 unspecified atom stereocenters. The molecule has 7 nitrogen and oxygen atoms in total. The minimum atomic E-state index is -4.43. The van der Waals surface area contributed by atoms with Crippen LogP contribution in [0.1, 0.15) is 27.2 Å². The minimum absolute atomic E-state index is 0.113. The number of benzene rings is 3. The lowest BCUT2D eigenvalue weighted by Gasteiger charge is -2.10. The Morgan fingerprint density at radius 2 is 1.74 bits per heavy atom. The highest BCUT2D eigenvalue weighted by Crippen LogP contribution is 2.31. The second kappa shape index (κ2) is 12.1. The number of thioether (sulfide) groups is 1. The summed E-state index contributed by atoms with van der Waals surface area (Å²) in [6.45, 7) is 0.335. The highest BCUT2D eigenvalue weighted by molar-refractivity contribution is 8.13. The first kappa shape index (κ1) is 27.1. The molecule has 0 saturated carbocycles. The standard InChI is InChI=1S/C27H23F3N2O5S/c28-27(29,30)18-5-3-4-17(16-18)8-13-22-21-6-1-2-7-23(21)37-24(22)25(33)31-14-15-36-19-9-11-20(12-10-19)38-26(34)32-35/h1-7,9-12,16,35H,8,13-15H2,(H,31,33)(H,32,34). The average Bonchev–Trinajstić information content (AvgIpc) is 3.29. The van der Waals surface area contributed by atoms with Crippen molar-refractivity contribution in [3.05, 3.63) is 95.2 Å². The number of carbonyl (C=O) groups excluding carboxylic acids is 2. The fourth-order valence-electron chi connectivity index (χ4n) is 3.85. The summed E-state index contributed by atoms with van der Waals surface area (Å²) in [5, 5.41) is 11.4. The number of fused-ring (bicyclic) bond motifs is 1. The van der Waals surface area contributed by atoms with Crippen molar-refractivity contribution in [2.75, 3.05) is 13.2 Å². The molecule has 1 aromatic heterocycles. The van der Waals surface area contributed by atoms with Gasteiger partial charge in [0.2, 0.25) is 0 Å². The van der Waals surface area contributed by atoms with Crippen molar-refractivity contribution in [3.8, 4) is 5.75 Å². The van der Waals surface area contributed by atoms with E-state index in [1.807, 2.05) is 6.07 Å². The SMILES string of the molecule is O=C(NO)Sc1ccc(OCCNC(=O)c2oc3ccccc3c2CCc2cccc(C(F)(F)F)c2)cc1. The number of ether oxygens (including phenoxy) is 1. The van der Waals surface area contributed by atoms with Gasteiger partial charge < -0.3 is 14.5 Å². The Labute approximate surface area is 219 Å². The van der Waals surface area contributed by atoms with Crippen molar-refractivity contribution in [1.29, 1.82) is 0 Å². The van der Waals surface area contributed by atoms with Gasteiger partial charge in [-0.05, 0) is 66.6 Å². The molecule has 0 radical (unpaired) electrons. The molecular weight excluding hydrogens is 521 g/mol. The zero-order valence-electron chi connectivity index (χ0n) is 19.9. The van der Waals surface area contributed by atoms with Gasteiger partial charge in [0.05, 0.1) is 12.1 Å². The van der Waals surface area contributed by atoms with Gasteiger partial charge in [-0.15, -0.1) is 0 Å². The van der Waals surface area contributed by atoms with E-state index in [0.29, 0.717) is 40.2 Å². The Balaban J connectivity index is 1.38. The summed E-state index contributed by atoms with van der Waals surface area (Å²) in [7, 11) is 0. The van der Waals surface area contributed by atoms with Gasteiger partial charge in [0.15, 0.2) is 5.76 Å². The molecule has 0 fully saturated rings. The van der Waals surface area contributed by atoms with Crippen molar-refractivity contribution >= 4 is 33.9 Å². The molecule has 0 aliphatic rings. The van der Waals surface area contributed by atoms with Gasteiger partial charge >= 0.3 is 11.4 Å². The van der Waals surface area contributed by atoms with E-state index in [2.05, 4.69) is 5.32 Å². The highest BCUT2D eigenvalue weighted by Gasteiger charge is 2.30. The van der Waals surface area contributed by atoms with Crippen LogP contribution in [-0.4, -0.2) is 29.5 Å². The monoisotopic (exact) mass is 544 g/mol. The summed E-state index contributed by atoms with van der Waals surface area (Å²) in [6, 6.07) is 18.9. The zero-order chi connectivity index (χ0) is 27.1. The Kier molecular flexibility index (Phi) is 8.59. The van der Waals surface area contributed by atoms with E-state index in [-0.39, 0.29) is 18.9 Å². The summed E-state index contributed by atoms with van der Waals surface area (Å²) in [6.07, 6.45) is -3.82. The number of hydrogen-bond donors (Lipinski definition) is 3. The lowest BCUT2D eigenvalue weighted by molar-refractivity contribution is -0.137. The minimum Gasteiger partial charge on any atom is -0.492 e. The van der Waals surface area contributed by atoms with Crippen LogP contribution in [0.3, 0.4) is 0 Å². The largest absolute Gasteiger partial charge is 0.492 e. The van der Waals surface area contributed by atoms with E-state index in [0.717, 1.165) is 29.3 Å². The van der Waals surface area contributed by atoms with Crippen LogP contribution in [0.25, 0.3) is 11.0 Å². The number of furan rings is 1. The van der Waals surface area contributed by atoms with Gasteiger partial charge in [-0.3, -0.25) is 14.8 Å². The molecule has 0 spiro atoms. The summed E-state index contributed by atoms with van der Waals surface area (Å²) in [4.78, 5) is 24.7. The maximum Gasteiger partial charge on any atom is 0.416 e. The molecule has 0 aliphatic carbocycles. The third-order valence-corrected chi connectivity index (χ3v) is 6.39. The number of amides is 2.